The molecule has 9 heteroatoms. The van der Waals surface area contributed by atoms with E-state index < -0.39 is 32.8 Å². The second kappa shape index (κ2) is 5.41. The van der Waals surface area contributed by atoms with Gasteiger partial charge in [0.15, 0.2) is 0 Å². The highest BCUT2D eigenvalue weighted by Crippen LogP contribution is 2.27. The summed E-state index contributed by atoms with van der Waals surface area (Å²) >= 11 is 5.60. The smallest absolute Gasteiger partial charge is 0.289 e. The maximum atomic E-state index is 12.0. The van der Waals surface area contributed by atoms with E-state index in [-0.39, 0.29) is 9.92 Å². The second-order valence-electron chi connectivity index (χ2n) is 4.52. The Labute approximate surface area is 115 Å². The minimum absolute atomic E-state index is 0.148. The molecule has 0 saturated carbocycles. The van der Waals surface area contributed by atoms with Crippen LogP contribution in [-0.2, 0) is 10.0 Å². The van der Waals surface area contributed by atoms with E-state index in [1.165, 1.54) is 13.8 Å². The third-order valence-corrected chi connectivity index (χ3v) is 4.25. The van der Waals surface area contributed by atoms with Crippen molar-refractivity contribution in [1.82, 2.24) is 4.72 Å². The molecule has 1 aromatic carbocycles. The van der Waals surface area contributed by atoms with Gasteiger partial charge in [0.1, 0.15) is 5.02 Å². The van der Waals surface area contributed by atoms with E-state index in [1.54, 1.807) is 0 Å². The summed E-state index contributed by atoms with van der Waals surface area (Å²) in [5.41, 5.74) is -1.57. The average molecular weight is 309 g/mol. The van der Waals surface area contributed by atoms with E-state index in [0.29, 0.717) is 0 Å². The molecule has 0 radical (unpaired) electrons. The molecular formula is C10H13ClN2O5S. The first-order valence-corrected chi connectivity index (χ1v) is 7.04. The number of sulfonamides is 1. The molecule has 2 N–H and O–H groups in total. The van der Waals surface area contributed by atoms with Crippen molar-refractivity contribution >= 4 is 27.3 Å². The molecule has 0 spiro atoms. The van der Waals surface area contributed by atoms with E-state index in [4.69, 9.17) is 16.7 Å². The Morgan fingerprint density at radius 2 is 2.05 bits per heavy atom. The van der Waals surface area contributed by atoms with Gasteiger partial charge in [0, 0.05) is 6.07 Å². The van der Waals surface area contributed by atoms with Crippen LogP contribution in [0, 0.1) is 10.1 Å². The van der Waals surface area contributed by atoms with Gasteiger partial charge in [-0.15, -0.1) is 0 Å². The minimum Gasteiger partial charge on any atom is -0.394 e. The lowest BCUT2D eigenvalue weighted by molar-refractivity contribution is -0.384. The van der Waals surface area contributed by atoms with Crippen molar-refractivity contribution in [2.75, 3.05) is 6.61 Å². The lowest BCUT2D eigenvalue weighted by Gasteiger charge is -2.23. The van der Waals surface area contributed by atoms with Gasteiger partial charge in [-0.1, -0.05) is 11.6 Å². The zero-order chi connectivity index (χ0) is 14.8. The third kappa shape index (κ3) is 3.87. The highest BCUT2D eigenvalue weighted by molar-refractivity contribution is 7.89. The lowest BCUT2D eigenvalue weighted by Crippen LogP contribution is -2.46. The van der Waals surface area contributed by atoms with Gasteiger partial charge in [0.25, 0.3) is 5.69 Å². The monoisotopic (exact) mass is 308 g/mol. The molecule has 0 saturated heterocycles. The normalized spacial score (nSPS) is 12.4. The fourth-order valence-corrected chi connectivity index (χ4v) is 2.86. The second-order valence-corrected chi connectivity index (χ2v) is 6.61. The Morgan fingerprint density at radius 3 is 2.53 bits per heavy atom. The molecule has 0 heterocycles. The number of rotatable bonds is 5. The molecule has 0 atom stereocenters. The third-order valence-electron chi connectivity index (χ3n) is 2.23. The number of aliphatic hydroxyl groups is 1. The van der Waals surface area contributed by atoms with E-state index >= 15 is 0 Å². The summed E-state index contributed by atoms with van der Waals surface area (Å²) < 4.78 is 26.3. The Morgan fingerprint density at radius 1 is 1.47 bits per heavy atom. The van der Waals surface area contributed by atoms with Gasteiger partial charge in [0.05, 0.1) is 22.0 Å². The number of nitrogens with one attached hydrogen (secondary N) is 1. The summed E-state index contributed by atoms with van der Waals surface area (Å²) in [6.07, 6.45) is 0. The molecule has 0 aliphatic heterocycles. The highest BCUT2D eigenvalue weighted by Gasteiger charge is 2.27. The van der Waals surface area contributed by atoms with Crippen LogP contribution in [0.15, 0.2) is 23.1 Å². The Balaban J connectivity index is 3.23. The van der Waals surface area contributed by atoms with E-state index in [0.717, 1.165) is 18.2 Å². The average Bonchev–Trinajstić information content (AvgIpc) is 2.27. The van der Waals surface area contributed by atoms with Crippen molar-refractivity contribution in [3.8, 4) is 0 Å². The van der Waals surface area contributed by atoms with Gasteiger partial charge in [-0.25, -0.2) is 13.1 Å². The van der Waals surface area contributed by atoms with Gasteiger partial charge in [-0.3, -0.25) is 10.1 Å². The summed E-state index contributed by atoms with van der Waals surface area (Å²) in [6, 6.07) is 3.17. The van der Waals surface area contributed by atoms with Crippen LogP contribution in [0.2, 0.25) is 5.02 Å². The summed E-state index contributed by atoms with van der Waals surface area (Å²) in [4.78, 5) is 9.66. The lowest BCUT2D eigenvalue weighted by atomic mass is 10.1. The van der Waals surface area contributed by atoms with Crippen LogP contribution in [0.1, 0.15) is 13.8 Å². The van der Waals surface area contributed by atoms with E-state index in [9.17, 15) is 18.5 Å². The first-order chi connectivity index (χ1) is 8.59. The van der Waals surface area contributed by atoms with Crippen molar-refractivity contribution in [3.63, 3.8) is 0 Å². The van der Waals surface area contributed by atoms with Crippen LogP contribution in [0.5, 0.6) is 0 Å². The molecule has 0 aliphatic rings. The van der Waals surface area contributed by atoms with Gasteiger partial charge >= 0.3 is 0 Å². The fraction of sp³-hybridized carbons (Fsp3) is 0.400. The Bertz CT molecular complexity index is 600. The molecule has 0 fully saturated rings. The fourth-order valence-electron chi connectivity index (χ4n) is 1.25. The quantitative estimate of drug-likeness (QED) is 0.629. The first kappa shape index (κ1) is 15.8. The zero-order valence-electron chi connectivity index (χ0n) is 10.3. The predicted octanol–water partition coefficient (Wildman–Crippen LogP) is 1.30. The maximum absolute atomic E-state index is 12.0. The largest absolute Gasteiger partial charge is 0.394 e. The Hall–Kier alpha value is -1.22. The summed E-state index contributed by atoms with van der Waals surface area (Å²) in [5, 5.41) is 19.6. The van der Waals surface area contributed by atoms with Gasteiger partial charge < -0.3 is 5.11 Å². The van der Waals surface area contributed by atoms with Crippen LogP contribution in [-0.4, -0.2) is 30.6 Å². The van der Waals surface area contributed by atoms with E-state index in [1.807, 2.05) is 0 Å². The van der Waals surface area contributed by atoms with Crippen molar-refractivity contribution in [1.29, 1.82) is 0 Å². The molecule has 1 aromatic rings. The SMILES string of the molecule is CC(C)(CO)NS(=O)(=O)c1ccc(Cl)c([N+](=O)[O-])c1. The van der Waals surface area contributed by atoms with Gasteiger partial charge in [0.2, 0.25) is 10.0 Å². The van der Waals surface area contributed by atoms with Crippen LogP contribution in [0.25, 0.3) is 0 Å². The molecule has 0 amide bonds. The molecule has 7 nitrogen and oxygen atoms in total. The number of nitro groups is 1. The number of benzene rings is 1. The van der Waals surface area contributed by atoms with Gasteiger partial charge in [-0.2, -0.15) is 0 Å². The van der Waals surface area contributed by atoms with Crippen LogP contribution in [0.4, 0.5) is 5.69 Å². The summed E-state index contributed by atoms with van der Waals surface area (Å²) in [5.74, 6) is 0. The molecule has 0 unspecified atom stereocenters. The van der Waals surface area contributed by atoms with Gasteiger partial charge in [-0.05, 0) is 26.0 Å². The summed E-state index contributed by atoms with van der Waals surface area (Å²) in [6.45, 7) is 2.55. The number of halogens is 1. The topological polar surface area (TPSA) is 110 Å². The number of aliphatic hydroxyl groups excluding tert-OH is 1. The standard InChI is InChI=1S/C10H13ClN2O5S/c1-10(2,6-14)12-19(17,18)7-3-4-8(11)9(5-7)13(15)16/h3-5,12,14H,6H2,1-2H3. The number of nitro benzene ring substituents is 1. The van der Waals surface area contributed by atoms with Crippen molar-refractivity contribution in [3.05, 3.63) is 33.3 Å². The van der Waals surface area contributed by atoms with E-state index in [2.05, 4.69) is 4.72 Å². The Kier molecular flexibility index (Phi) is 4.51. The molecule has 19 heavy (non-hydrogen) atoms. The molecule has 0 bridgehead atoms. The van der Waals surface area contributed by atoms with Crippen molar-refractivity contribution in [2.24, 2.45) is 0 Å². The molecular weight excluding hydrogens is 296 g/mol. The molecule has 0 aromatic heterocycles. The highest BCUT2D eigenvalue weighted by atomic mass is 35.5. The van der Waals surface area contributed by atoms with Crippen LogP contribution in [0.3, 0.4) is 0 Å². The zero-order valence-corrected chi connectivity index (χ0v) is 11.8. The number of nitrogens with zero attached hydrogens (tertiary/aromatic N) is 1. The van der Waals surface area contributed by atoms with Crippen molar-refractivity contribution in [2.45, 2.75) is 24.3 Å². The predicted molar refractivity (Wildman–Crippen MR) is 69.6 cm³/mol. The first-order valence-electron chi connectivity index (χ1n) is 5.18. The molecule has 1 rings (SSSR count). The van der Waals surface area contributed by atoms with Crippen LogP contribution < -0.4 is 4.72 Å². The number of hydrogen-bond donors (Lipinski definition) is 2. The minimum atomic E-state index is -3.98. The van der Waals surface area contributed by atoms with Crippen LogP contribution >= 0.6 is 11.6 Å². The molecule has 106 valence electrons. The number of hydrogen-bond acceptors (Lipinski definition) is 5. The van der Waals surface area contributed by atoms with Crippen molar-refractivity contribution < 1.29 is 18.4 Å². The molecule has 0 aliphatic carbocycles. The maximum Gasteiger partial charge on any atom is 0.289 e. The summed E-state index contributed by atoms with van der Waals surface area (Å²) in [7, 11) is -3.98.